The van der Waals surface area contributed by atoms with Gasteiger partial charge in [-0.3, -0.25) is 0 Å². The summed E-state index contributed by atoms with van der Waals surface area (Å²) in [5.41, 5.74) is 4.10. The van der Waals surface area contributed by atoms with E-state index in [-0.39, 0.29) is 18.7 Å². The summed E-state index contributed by atoms with van der Waals surface area (Å²) < 4.78 is 1.89. The van der Waals surface area contributed by atoms with Crippen LogP contribution >= 0.6 is 0 Å². The molecular formula is C14H22N4O. The molecule has 2 N–H and O–H groups in total. The van der Waals surface area contributed by atoms with E-state index in [0.717, 1.165) is 29.0 Å². The maximum absolute atomic E-state index is 8.95. The number of fused-ring (bicyclic) bond motifs is 1. The van der Waals surface area contributed by atoms with Gasteiger partial charge in [0.15, 0.2) is 5.65 Å². The Balaban J connectivity index is 2.26. The molecule has 0 aliphatic carbocycles. The van der Waals surface area contributed by atoms with Crippen molar-refractivity contribution < 1.29 is 5.11 Å². The van der Waals surface area contributed by atoms with Crippen LogP contribution in [0.3, 0.4) is 0 Å². The van der Waals surface area contributed by atoms with Crippen LogP contribution < -0.4 is 5.32 Å². The number of rotatable bonds is 5. The maximum Gasteiger partial charge on any atom is 0.155 e. The number of nitrogens with one attached hydrogen (secondary N) is 1. The number of aryl methyl sites for hydroxylation is 2. The number of aromatic nitrogens is 3. The van der Waals surface area contributed by atoms with Gasteiger partial charge in [-0.25, -0.2) is 9.50 Å². The Morgan fingerprint density at radius 1 is 1.37 bits per heavy atom. The fraction of sp³-hybridized carbons (Fsp3) is 0.571. The van der Waals surface area contributed by atoms with Crippen molar-refractivity contribution in [3.8, 4) is 0 Å². The van der Waals surface area contributed by atoms with Crippen LogP contribution in [0.5, 0.6) is 0 Å². The van der Waals surface area contributed by atoms with Crippen LogP contribution in [0, 0.1) is 13.8 Å². The van der Waals surface area contributed by atoms with Gasteiger partial charge in [-0.05, 0) is 34.1 Å². The van der Waals surface area contributed by atoms with Crippen molar-refractivity contribution in [1.82, 2.24) is 19.9 Å². The van der Waals surface area contributed by atoms with Gasteiger partial charge >= 0.3 is 0 Å². The summed E-state index contributed by atoms with van der Waals surface area (Å²) in [6.45, 7) is 8.42. The largest absolute Gasteiger partial charge is 0.396 e. The lowest BCUT2D eigenvalue weighted by atomic mass is 10.1. The molecule has 0 fully saturated rings. The lowest BCUT2D eigenvalue weighted by Gasteiger charge is -2.21. The standard InChI is InChI=1S/C14H22N4O/c1-9(5-6-19)16-11(3)13-8-15-14-7-10(2)17-18(14)12(13)4/h7-9,11,16,19H,5-6H2,1-4H3. The van der Waals surface area contributed by atoms with Crippen LogP contribution in [-0.4, -0.2) is 32.4 Å². The fourth-order valence-corrected chi connectivity index (χ4v) is 2.39. The molecule has 2 aromatic heterocycles. The van der Waals surface area contributed by atoms with Crippen LogP contribution in [0.15, 0.2) is 12.3 Å². The first-order chi connectivity index (χ1) is 9.02. The summed E-state index contributed by atoms with van der Waals surface area (Å²) in [7, 11) is 0. The molecule has 2 aromatic rings. The molecule has 0 aromatic carbocycles. The van der Waals surface area contributed by atoms with Gasteiger partial charge in [0.2, 0.25) is 0 Å². The highest BCUT2D eigenvalue weighted by atomic mass is 16.3. The monoisotopic (exact) mass is 262 g/mol. The van der Waals surface area contributed by atoms with E-state index in [9.17, 15) is 0 Å². The molecule has 0 spiro atoms. The maximum atomic E-state index is 8.95. The van der Waals surface area contributed by atoms with Crippen LogP contribution in [0.2, 0.25) is 0 Å². The first-order valence-corrected chi connectivity index (χ1v) is 6.71. The Morgan fingerprint density at radius 3 is 2.79 bits per heavy atom. The van der Waals surface area contributed by atoms with E-state index in [0.29, 0.717) is 0 Å². The van der Waals surface area contributed by atoms with Crippen molar-refractivity contribution in [2.45, 2.75) is 46.2 Å². The topological polar surface area (TPSA) is 62.5 Å². The SMILES string of the molecule is Cc1cc2ncc(C(C)NC(C)CCO)c(C)n2n1. The quantitative estimate of drug-likeness (QED) is 0.862. The molecule has 5 heteroatoms. The van der Waals surface area contributed by atoms with Crippen LogP contribution in [-0.2, 0) is 0 Å². The summed E-state index contributed by atoms with van der Waals surface area (Å²) in [5.74, 6) is 0. The van der Waals surface area contributed by atoms with E-state index in [1.807, 2.05) is 23.7 Å². The smallest absolute Gasteiger partial charge is 0.155 e. The van der Waals surface area contributed by atoms with E-state index >= 15 is 0 Å². The number of aliphatic hydroxyl groups is 1. The Bertz CT molecular complexity index is 564. The Labute approximate surface area is 113 Å². The van der Waals surface area contributed by atoms with Gasteiger partial charge in [-0.2, -0.15) is 5.10 Å². The molecule has 5 nitrogen and oxygen atoms in total. The first kappa shape index (κ1) is 14.0. The molecule has 0 bridgehead atoms. The second-order valence-electron chi connectivity index (χ2n) is 5.16. The zero-order valence-electron chi connectivity index (χ0n) is 12.0. The van der Waals surface area contributed by atoms with Gasteiger partial charge in [-0.1, -0.05) is 0 Å². The molecule has 0 radical (unpaired) electrons. The molecule has 2 rings (SSSR count). The molecule has 0 aliphatic heterocycles. The van der Waals surface area contributed by atoms with E-state index in [1.165, 1.54) is 0 Å². The predicted octanol–water partition coefficient (Wildman–Crippen LogP) is 1.77. The van der Waals surface area contributed by atoms with Crippen LogP contribution in [0.25, 0.3) is 5.65 Å². The molecular weight excluding hydrogens is 240 g/mol. The normalized spacial score (nSPS) is 14.8. The zero-order chi connectivity index (χ0) is 14.0. The molecule has 104 valence electrons. The minimum Gasteiger partial charge on any atom is -0.396 e. The van der Waals surface area contributed by atoms with E-state index in [1.54, 1.807) is 0 Å². The summed E-state index contributed by atoms with van der Waals surface area (Å²) in [6, 6.07) is 2.43. The number of hydrogen-bond donors (Lipinski definition) is 2. The second kappa shape index (κ2) is 5.67. The average Bonchev–Trinajstić information content (AvgIpc) is 2.71. The molecule has 0 saturated carbocycles. The zero-order valence-corrected chi connectivity index (χ0v) is 12.0. The minimum atomic E-state index is 0.183. The lowest BCUT2D eigenvalue weighted by Crippen LogP contribution is -2.30. The molecule has 0 amide bonds. The van der Waals surface area contributed by atoms with Gasteiger partial charge in [0.25, 0.3) is 0 Å². The van der Waals surface area contributed by atoms with Crippen molar-refractivity contribution in [1.29, 1.82) is 0 Å². The van der Waals surface area contributed by atoms with Crippen molar-refractivity contribution in [3.05, 3.63) is 29.2 Å². The van der Waals surface area contributed by atoms with Gasteiger partial charge in [0, 0.05) is 42.2 Å². The highest BCUT2D eigenvalue weighted by Crippen LogP contribution is 2.18. The van der Waals surface area contributed by atoms with Gasteiger partial charge in [0.1, 0.15) is 0 Å². The first-order valence-electron chi connectivity index (χ1n) is 6.71. The van der Waals surface area contributed by atoms with Crippen molar-refractivity contribution in [2.75, 3.05) is 6.61 Å². The molecule has 2 unspecified atom stereocenters. The Hall–Kier alpha value is -1.46. The number of nitrogens with zero attached hydrogens (tertiary/aromatic N) is 3. The fourth-order valence-electron chi connectivity index (χ4n) is 2.39. The average molecular weight is 262 g/mol. The van der Waals surface area contributed by atoms with Gasteiger partial charge in [0.05, 0.1) is 5.69 Å². The lowest BCUT2D eigenvalue weighted by molar-refractivity contribution is 0.264. The van der Waals surface area contributed by atoms with E-state index in [2.05, 4.69) is 36.2 Å². The summed E-state index contributed by atoms with van der Waals surface area (Å²) >= 11 is 0. The highest BCUT2D eigenvalue weighted by molar-refractivity contribution is 5.42. The third kappa shape index (κ3) is 2.93. The summed E-state index contributed by atoms with van der Waals surface area (Å²) in [5, 5.41) is 16.9. The van der Waals surface area contributed by atoms with Crippen molar-refractivity contribution in [3.63, 3.8) is 0 Å². The van der Waals surface area contributed by atoms with Gasteiger partial charge in [-0.15, -0.1) is 0 Å². The molecule has 0 aliphatic rings. The summed E-state index contributed by atoms with van der Waals surface area (Å²) in [6.07, 6.45) is 2.66. The molecule has 2 atom stereocenters. The number of hydrogen-bond acceptors (Lipinski definition) is 4. The Kier molecular flexibility index (Phi) is 4.17. The van der Waals surface area contributed by atoms with Crippen molar-refractivity contribution in [2.24, 2.45) is 0 Å². The van der Waals surface area contributed by atoms with E-state index < -0.39 is 0 Å². The molecule has 2 heterocycles. The van der Waals surface area contributed by atoms with Crippen LogP contribution in [0.4, 0.5) is 0 Å². The second-order valence-corrected chi connectivity index (χ2v) is 5.16. The van der Waals surface area contributed by atoms with Gasteiger partial charge < -0.3 is 10.4 Å². The summed E-state index contributed by atoms with van der Waals surface area (Å²) in [4.78, 5) is 4.45. The highest BCUT2D eigenvalue weighted by Gasteiger charge is 2.14. The molecule has 19 heavy (non-hydrogen) atoms. The molecule has 0 saturated heterocycles. The minimum absolute atomic E-state index is 0.183. The third-order valence-corrected chi connectivity index (χ3v) is 3.45. The third-order valence-electron chi connectivity index (χ3n) is 3.45. The predicted molar refractivity (Wildman–Crippen MR) is 75.2 cm³/mol. The number of aliphatic hydroxyl groups excluding tert-OH is 1. The van der Waals surface area contributed by atoms with E-state index in [4.69, 9.17) is 5.11 Å². The van der Waals surface area contributed by atoms with Crippen LogP contribution in [0.1, 0.15) is 43.3 Å². The van der Waals surface area contributed by atoms with Crippen molar-refractivity contribution >= 4 is 5.65 Å². The Morgan fingerprint density at radius 2 is 2.11 bits per heavy atom.